The summed E-state index contributed by atoms with van der Waals surface area (Å²) >= 11 is 0. The Morgan fingerprint density at radius 3 is 2.59 bits per heavy atom. The van der Waals surface area contributed by atoms with Gasteiger partial charge in [0, 0.05) is 18.6 Å². The summed E-state index contributed by atoms with van der Waals surface area (Å²) in [5.74, 6) is -0.724. The Bertz CT molecular complexity index is 970. The van der Waals surface area contributed by atoms with Gasteiger partial charge >= 0.3 is 0 Å². The van der Waals surface area contributed by atoms with E-state index in [0.29, 0.717) is 19.5 Å². The average molecular weight is 421 g/mol. The zero-order valence-corrected chi connectivity index (χ0v) is 16.8. The summed E-state index contributed by atoms with van der Waals surface area (Å²) in [7, 11) is -3.72. The number of carbonyl (C=O) groups is 1. The summed E-state index contributed by atoms with van der Waals surface area (Å²) in [6, 6.07) is 4.74. The summed E-state index contributed by atoms with van der Waals surface area (Å²) in [5, 5.41) is 10.9. The van der Waals surface area contributed by atoms with Crippen LogP contribution in [0.5, 0.6) is 0 Å². The van der Waals surface area contributed by atoms with Gasteiger partial charge in [0.05, 0.1) is 17.6 Å². The fourth-order valence-corrected chi connectivity index (χ4v) is 5.77. The molecule has 1 N–H and O–H groups in total. The Morgan fingerprint density at radius 2 is 1.86 bits per heavy atom. The van der Waals surface area contributed by atoms with Crippen LogP contribution in [-0.2, 0) is 16.6 Å². The van der Waals surface area contributed by atoms with Crippen LogP contribution in [0.25, 0.3) is 0 Å². The molecule has 1 aliphatic heterocycles. The Balaban J connectivity index is 1.44. The molecule has 0 radical (unpaired) electrons. The minimum Gasteiger partial charge on any atom is -0.348 e. The standard InChI is InChI=1S/C19H24FN5O3S/c20-14-7-9-17(10-8-14)29(27,28)25-11-3-6-16(25)12-24-13-18(22-23-24)19(26)21-15-4-1-2-5-15/h7-10,13,15-16H,1-6,11-12H2,(H,21,26)/t16-/m0/s1. The van der Waals surface area contributed by atoms with Gasteiger partial charge in [-0.2, -0.15) is 4.31 Å². The molecule has 1 atom stereocenters. The van der Waals surface area contributed by atoms with E-state index in [4.69, 9.17) is 0 Å². The molecule has 1 saturated heterocycles. The van der Waals surface area contributed by atoms with Crippen LogP contribution in [0.4, 0.5) is 4.39 Å². The summed E-state index contributed by atoms with van der Waals surface area (Å²) in [5.41, 5.74) is 0.239. The zero-order valence-electron chi connectivity index (χ0n) is 16.0. The van der Waals surface area contributed by atoms with E-state index in [1.807, 2.05) is 0 Å². The van der Waals surface area contributed by atoms with Crippen LogP contribution in [0.3, 0.4) is 0 Å². The zero-order chi connectivity index (χ0) is 20.4. The van der Waals surface area contributed by atoms with E-state index in [-0.39, 0.29) is 28.6 Å². The van der Waals surface area contributed by atoms with E-state index in [1.165, 1.54) is 21.1 Å². The molecule has 2 aromatic rings. The lowest BCUT2D eigenvalue weighted by Gasteiger charge is -2.23. The van der Waals surface area contributed by atoms with Crippen molar-refractivity contribution in [2.24, 2.45) is 0 Å². The fraction of sp³-hybridized carbons (Fsp3) is 0.526. The molecule has 1 aliphatic carbocycles. The van der Waals surface area contributed by atoms with Gasteiger partial charge in [0.25, 0.3) is 5.91 Å². The maximum atomic E-state index is 13.2. The monoisotopic (exact) mass is 421 g/mol. The number of nitrogens with one attached hydrogen (secondary N) is 1. The number of aromatic nitrogens is 3. The lowest BCUT2D eigenvalue weighted by molar-refractivity contribution is 0.0932. The highest BCUT2D eigenvalue weighted by molar-refractivity contribution is 7.89. The molecule has 1 amide bonds. The molecule has 156 valence electrons. The number of hydrogen-bond acceptors (Lipinski definition) is 5. The Kier molecular flexibility index (Phi) is 5.64. The second-order valence-corrected chi connectivity index (χ2v) is 9.54. The SMILES string of the molecule is O=C(NC1CCCC1)c1cn(C[C@@H]2CCCN2S(=O)(=O)c2ccc(F)cc2)nn1. The predicted molar refractivity (Wildman–Crippen MR) is 103 cm³/mol. The van der Waals surface area contributed by atoms with Crippen molar-refractivity contribution in [1.82, 2.24) is 24.6 Å². The van der Waals surface area contributed by atoms with E-state index in [9.17, 15) is 17.6 Å². The van der Waals surface area contributed by atoms with E-state index >= 15 is 0 Å². The average Bonchev–Trinajstić information content (AvgIpc) is 3.44. The number of nitrogens with zero attached hydrogens (tertiary/aromatic N) is 4. The van der Waals surface area contributed by atoms with Crippen LogP contribution in [-0.4, -0.2) is 52.3 Å². The van der Waals surface area contributed by atoms with E-state index < -0.39 is 15.8 Å². The quantitative estimate of drug-likeness (QED) is 0.769. The van der Waals surface area contributed by atoms with E-state index in [1.54, 1.807) is 6.20 Å². The third-order valence-corrected chi connectivity index (χ3v) is 7.57. The predicted octanol–water partition coefficient (Wildman–Crippen LogP) is 1.94. The summed E-state index contributed by atoms with van der Waals surface area (Å²) in [6.45, 7) is 0.707. The van der Waals surface area contributed by atoms with Gasteiger partial charge < -0.3 is 5.32 Å². The second kappa shape index (κ2) is 8.19. The van der Waals surface area contributed by atoms with Gasteiger partial charge in [-0.15, -0.1) is 5.10 Å². The first-order chi connectivity index (χ1) is 13.9. The van der Waals surface area contributed by atoms with Crippen molar-refractivity contribution in [2.45, 2.75) is 62.0 Å². The molecule has 0 spiro atoms. The van der Waals surface area contributed by atoms with Crippen molar-refractivity contribution in [2.75, 3.05) is 6.54 Å². The number of carbonyl (C=O) groups excluding carboxylic acids is 1. The Hall–Kier alpha value is -2.33. The molecule has 1 aromatic heterocycles. The molecule has 29 heavy (non-hydrogen) atoms. The molecule has 8 nitrogen and oxygen atoms in total. The largest absolute Gasteiger partial charge is 0.348 e. The van der Waals surface area contributed by atoms with Crippen LogP contribution in [0, 0.1) is 5.82 Å². The Morgan fingerprint density at radius 1 is 1.14 bits per heavy atom. The van der Waals surface area contributed by atoms with Crippen LogP contribution < -0.4 is 5.32 Å². The highest BCUT2D eigenvalue weighted by Crippen LogP contribution is 2.27. The minimum atomic E-state index is -3.72. The van der Waals surface area contributed by atoms with Crippen molar-refractivity contribution in [3.8, 4) is 0 Å². The molecule has 2 heterocycles. The smallest absolute Gasteiger partial charge is 0.273 e. The van der Waals surface area contributed by atoms with E-state index in [2.05, 4.69) is 15.6 Å². The second-order valence-electron chi connectivity index (χ2n) is 7.65. The highest BCUT2D eigenvalue weighted by Gasteiger charge is 2.35. The summed E-state index contributed by atoms with van der Waals surface area (Å²) < 4.78 is 42.0. The highest BCUT2D eigenvalue weighted by atomic mass is 32.2. The molecular weight excluding hydrogens is 397 g/mol. The molecule has 1 saturated carbocycles. The molecule has 2 aliphatic rings. The third-order valence-electron chi connectivity index (χ3n) is 5.60. The lowest BCUT2D eigenvalue weighted by atomic mass is 10.2. The normalized spacial score (nSPS) is 20.9. The number of sulfonamides is 1. The number of rotatable bonds is 6. The van der Waals surface area contributed by atoms with Gasteiger partial charge in [-0.3, -0.25) is 9.48 Å². The molecule has 4 rings (SSSR count). The number of benzene rings is 1. The van der Waals surface area contributed by atoms with Crippen molar-refractivity contribution in [3.63, 3.8) is 0 Å². The molecular formula is C19H24FN5O3S. The molecule has 0 unspecified atom stereocenters. The Labute approximate surface area is 169 Å². The first-order valence-electron chi connectivity index (χ1n) is 9.92. The van der Waals surface area contributed by atoms with E-state index in [0.717, 1.165) is 44.2 Å². The number of hydrogen-bond donors (Lipinski definition) is 1. The maximum Gasteiger partial charge on any atom is 0.273 e. The first kappa shape index (κ1) is 20.0. The summed E-state index contributed by atoms with van der Waals surface area (Å²) in [6.07, 6.45) is 7.19. The maximum absolute atomic E-state index is 13.2. The van der Waals surface area contributed by atoms with Gasteiger partial charge in [-0.1, -0.05) is 18.1 Å². The molecule has 1 aromatic carbocycles. The molecule has 2 fully saturated rings. The molecule has 0 bridgehead atoms. The van der Waals surface area contributed by atoms with Crippen LogP contribution in [0.1, 0.15) is 49.0 Å². The third kappa shape index (κ3) is 4.32. The first-order valence-corrected chi connectivity index (χ1v) is 11.4. The van der Waals surface area contributed by atoms with Gasteiger partial charge in [-0.05, 0) is 49.9 Å². The van der Waals surface area contributed by atoms with Gasteiger partial charge in [-0.25, -0.2) is 12.8 Å². The summed E-state index contributed by atoms with van der Waals surface area (Å²) in [4.78, 5) is 12.4. The number of halogens is 1. The lowest BCUT2D eigenvalue weighted by Crippen LogP contribution is -2.38. The minimum absolute atomic E-state index is 0.0704. The van der Waals surface area contributed by atoms with Crippen molar-refractivity contribution in [1.29, 1.82) is 0 Å². The van der Waals surface area contributed by atoms with Crippen LogP contribution in [0.2, 0.25) is 0 Å². The van der Waals surface area contributed by atoms with Gasteiger partial charge in [0.1, 0.15) is 5.82 Å². The van der Waals surface area contributed by atoms with Crippen LogP contribution >= 0.6 is 0 Å². The fourth-order valence-electron chi connectivity index (χ4n) is 4.09. The van der Waals surface area contributed by atoms with Crippen molar-refractivity contribution >= 4 is 15.9 Å². The van der Waals surface area contributed by atoms with Gasteiger partial charge in [0.15, 0.2) is 5.69 Å². The van der Waals surface area contributed by atoms with Gasteiger partial charge in [0.2, 0.25) is 10.0 Å². The van der Waals surface area contributed by atoms with Crippen molar-refractivity contribution in [3.05, 3.63) is 42.0 Å². The van der Waals surface area contributed by atoms with Crippen molar-refractivity contribution < 1.29 is 17.6 Å². The molecule has 10 heteroatoms. The number of amides is 1. The van der Waals surface area contributed by atoms with Crippen LogP contribution in [0.15, 0.2) is 35.4 Å². The topological polar surface area (TPSA) is 97.2 Å².